The quantitative estimate of drug-likeness (QED) is 0.219. The Balaban J connectivity index is 3.30. The first kappa shape index (κ1) is 25.3. The molecule has 0 aromatic rings. The molecule has 1 heterocycles. The molecule has 0 aliphatic carbocycles. The lowest BCUT2D eigenvalue weighted by Gasteiger charge is -2.44. The van der Waals surface area contributed by atoms with Gasteiger partial charge in [0, 0.05) is 34.2 Å². The normalized spacial score (nSPS) is 25.3. The van der Waals surface area contributed by atoms with Gasteiger partial charge in [0.05, 0.1) is 0 Å². The fourth-order valence-electron chi connectivity index (χ4n) is 2.69. The van der Waals surface area contributed by atoms with Gasteiger partial charge in [0.25, 0.3) is 0 Å². The van der Waals surface area contributed by atoms with Crippen LogP contribution < -0.4 is 10.6 Å². The highest BCUT2D eigenvalue weighted by Crippen LogP contribution is 2.28. The van der Waals surface area contributed by atoms with Crippen LogP contribution in [0.3, 0.4) is 0 Å². The van der Waals surface area contributed by atoms with E-state index < -0.39 is 54.5 Å². The lowest BCUT2D eigenvalue weighted by molar-refractivity contribution is -0.269. The van der Waals surface area contributed by atoms with Crippen molar-refractivity contribution >= 4 is 41.2 Å². The molecular formula is C18H26N2O9S. The van der Waals surface area contributed by atoms with Gasteiger partial charge in [-0.15, -0.1) is 6.58 Å². The molecule has 168 valence electrons. The number of hydrogen-bond acceptors (Lipinski definition) is 10. The molecule has 1 aliphatic heterocycles. The number of thiocarbonyl (C=S) groups is 1. The fourth-order valence-corrected chi connectivity index (χ4v) is 2.91. The van der Waals surface area contributed by atoms with Crippen LogP contribution in [0, 0.1) is 0 Å². The van der Waals surface area contributed by atoms with Crippen molar-refractivity contribution in [2.75, 3.05) is 13.2 Å². The van der Waals surface area contributed by atoms with Crippen molar-refractivity contribution in [3.05, 3.63) is 12.7 Å². The second kappa shape index (κ2) is 12.1. The minimum Gasteiger partial charge on any atom is -0.463 e. The van der Waals surface area contributed by atoms with Crippen LogP contribution in [0.5, 0.6) is 0 Å². The second-order valence-corrected chi connectivity index (χ2v) is 6.68. The molecule has 0 radical (unpaired) electrons. The molecule has 11 nitrogen and oxygen atoms in total. The van der Waals surface area contributed by atoms with Crippen LogP contribution in [0.15, 0.2) is 12.7 Å². The SMILES string of the molecule is C=CCNC(=S)N[C@H]1[C@H](OC(C)=O)O[C@H](COC(C)=O)[C@@H](OC(C)=O)[C@@H]1OC(C)=O. The first-order valence-corrected chi connectivity index (χ1v) is 9.41. The number of nitrogens with one attached hydrogen (secondary N) is 2. The van der Waals surface area contributed by atoms with Gasteiger partial charge >= 0.3 is 23.9 Å². The van der Waals surface area contributed by atoms with Gasteiger partial charge in [0.2, 0.25) is 6.29 Å². The molecule has 1 saturated heterocycles. The number of hydrogen-bond donors (Lipinski definition) is 2. The van der Waals surface area contributed by atoms with Gasteiger partial charge in [0.15, 0.2) is 17.3 Å². The van der Waals surface area contributed by atoms with Gasteiger partial charge in [0.1, 0.15) is 18.8 Å². The first-order valence-electron chi connectivity index (χ1n) is 9.00. The Labute approximate surface area is 179 Å². The number of ether oxygens (including phenoxy) is 5. The van der Waals surface area contributed by atoms with E-state index in [4.69, 9.17) is 35.9 Å². The zero-order valence-electron chi connectivity index (χ0n) is 17.2. The zero-order valence-corrected chi connectivity index (χ0v) is 18.0. The fraction of sp³-hybridized carbons (Fsp3) is 0.611. The molecule has 5 atom stereocenters. The summed E-state index contributed by atoms with van der Waals surface area (Å²) in [7, 11) is 0. The summed E-state index contributed by atoms with van der Waals surface area (Å²) in [6, 6.07) is -1.04. The predicted octanol–water partition coefficient (Wildman–Crippen LogP) is -0.280. The van der Waals surface area contributed by atoms with Crippen molar-refractivity contribution in [2.24, 2.45) is 0 Å². The molecule has 0 aromatic heterocycles. The summed E-state index contributed by atoms with van der Waals surface area (Å²) in [5.41, 5.74) is 0. The molecule has 2 N–H and O–H groups in total. The Morgan fingerprint density at radius 2 is 1.53 bits per heavy atom. The van der Waals surface area contributed by atoms with Crippen molar-refractivity contribution < 1.29 is 42.9 Å². The smallest absolute Gasteiger partial charge is 0.305 e. The monoisotopic (exact) mass is 446 g/mol. The van der Waals surface area contributed by atoms with Crippen LogP contribution in [0.1, 0.15) is 27.7 Å². The van der Waals surface area contributed by atoms with E-state index in [1.165, 1.54) is 6.92 Å². The van der Waals surface area contributed by atoms with E-state index in [1.807, 2.05) is 0 Å². The Morgan fingerprint density at radius 3 is 2.03 bits per heavy atom. The summed E-state index contributed by atoms with van der Waals surface area (Å²) >= 11 is 5.19. The van der Waals surface area contributed by atoms with Crippen LogP contribution in [0.25, 0.3) is 0 Å². The summed E-state index contributed by atoms with van der Waals surface area (Å²) in [5, 5.41) is 5.79. The summed E-state index contributed by atoms with van der Waals surface area (Å²) < 4.78 is 26.6. The highest BCUT2D eigenvalue weighted by molar-refractivity contribution is 7.80. The van der Waals surface area contributed by atoms with E-state index in [-0.39, 0.29) is 11.7 Å². The third kappa shape index (κ3) is 8.33. The molecule has 0 unspecified atom stereocenters. The molecule has 1 aliphatic rings. The average Bonchev–Trinajstić information content (AvgIpc) is 2.62. The molecule has 0 aromatic carbocycles. The Bertz CT molecular complexity index is 685. The topological polar surface area (TPSA) is 138 Å². The summed E-state index contributed by atoms with van der Waals surface area (Å²) in [5.74, 6) is -2.67. The number of esters is 4. The van der Waals surface area contributed by atoms with Gasteiger partial charge in [-0.05, 0) is 12.2 Å². The lowest BCUT2D eigenvalue weighted by atomic mass is 9.96. The van der Waals surface area contributed by atoms with Crippen molar-refractivity contribution in [2.45, 2.75) is 58.3 Å². The molecular weight excluding hydrogens is 420 g/mol. The molecule has 1 fully saturated rings. The van der Waals surface area contributed by atoms with Crippen molar-refractivity contribution in [3.63, 3.8) is 0 Å². The standard InChI is InChI=1S/C18H26N2O9S/c1-6-7-19-18(30)20-14-16(27-11(4)23)15(26-10(3)22)13(8-25-9(2)21)29-17(14)28-12(5)24/h6,13-17H,1,7-8H2,2-5H3,(H2,19,20,30)/t13-,14-,15-,16-,17-/m1/s1. The Hall–Kier alpha value is -2.73. The summed E-state index contributed by atoms with van der Waals surface area (Å²) in [6.07, 6.45) is -3.19. The van der Waals surface area contributed by atoms with Crippen LogP contribution in [-0.4, -0.2) is 72.8 Å². The maximum atomic E-state index is 11.8. The van der Waals surface area contributed by atoms with Crippen molar-refractivity contribution in [3.8, 4) is 0 Å². The Kier molecular flexibility index (Phi) is 10.2. The summed E-state index contributed by atoms with van der Waals surface area (Å²) in [6.45, 7) is 8.22. The van der Waals surface area contributed by atoms with Gasteiger partial charge in [-0.3, -0.25) is 19.2 Å². The van der Waals surface area contributed by atoms with Gasteiger partial charge < -0.3 is 34.3 Å². The van der Waals surface area contributed by atoms with Gasteiger partial charge in [-0.25, -0.2) is 0 Å². The predicted molar refractivity (Wildman–Crippen MR) is 106 cm³/mol. The molecule has 0 spiro atoms. The number of rotatable bonds is 8. The van der Waals surface area contributed by atoms with Crippen molar-refractivity contribution in [1.82, 2.24) is 10.6 Å². The number of carbonyl (C=O) groups is 4. The van der Waals surface area contributed by atoms with Crippen LogP contribution >= 0.6 is 12.2 Å². The van der Waals surface area contributed by atoms with Crippen LogP contribution in [-0.2, 0) is 42.9 Å². The zero-order chi connectivity index (χ0) is 22.8. The average molecular weight is 446 g/mol. The Morgan fingerprint density at radius 1 is 0.967 bits per heavy atom. The molecule has 12 heteroatoms. The van der Waals surface area contributed by atoms with Crippen molar-refractivity contribution in [1.29, 1.82) is 0 Å². The van der Waals surface area contributed by atoms with E-state index in [0.717, 1.165) is 20.8 Å². The van der Waals surface area contributed by atoms with Crippen LogP contribution in [0.4, 0.5) is 0 Å². The maximum Gasteiger partial charge on any atom is 0.305 e. The van der Waals surface area contributed by atoms with E-state index in [1.54, 1.807) is 6.08 Å². The van der Waals surface area contributed by atoms with E-state index >= 15 is 0 Å². The third-order valence-electron chi connectivity index (χ3n) is 3.69. The maximum absolute atomic E-state index is 11.8. The third-order valence-corrected chi connectivity index (χ3v) is 3.95. The van der Waals surface area contributed by atoms with E-state index in [2.05, 4.69) is 17.2 Å². The molecule has 0 saturated carbocycles. The minimum absolute atomic E-state index is 0.123. The molecule has 0 amide bonds. The van der Waals surface area contributed by atoms with E-state index in [9.17, 15) is 19.2 Å². The van der Waals surface area contributed by atoms with Crippen LogP contribution in [0.2, 0.25) is 0 Å². The largest absolute Gasteiger partial charge is 0.463 e. The van der Waals surface area contributed by atoms with Gasteiger partial charge in [-0.2, -0.15) is 0 Å². The molecule has 0 bridgehead atoms. The summed E-state index contributed by atoms with van der Waals surface area (Å²) in [4.78, 5) is 46.3. The molecule has 1 rings (SSSR count). The molecule has 30 heavy (non-hydrogen) atoms. The highest BCUT2D eigenvalue weighted by Gasteiger charge is 2.52. The highest BCUT2D eigenvalue weighted by atomic mass is 32.1. The van der Waals surface area contributed by atoms with E-state index in [0.29, 0.717) is 6.54 Å². The minimum atomic E-state index is -1.30. The lowest BCUT2D eigenvalue weighted by Crippen LogP contribution is -2.67. The number of carbonyl (C=O) groups excluding carboxylic acids is 4. The van der Waals surface area contributed by atoms with Gasteiger partial charge in [-0.1, -0.05) is 6.08 Å². The second-order valence-electron chi connectivity index (χ2n) is 6.27. The first-order chi connectivity index (χ1) is 14.0.